The summed E-state index contributed by atoms with van der Waals surface area (Å²) in [7, 11) is 0. The van der Waals surface area contributed by atoms with Crippen LogP contribution in [0, 0.1) is 0 Å². The molecule has 0 saturated carbocycles. The third-order valence-electron chi connectivity index (χ3n) is 2.26. The number of aromatic nitrogens is 1. The zero-order valence-electron chi connectivity index (χ0n) is 10.1. The molecule has 1 aromatic heterocycles. The lowest BCUT2D eigenvalue weighted by Gasteiger charge is -2.23. The van der Waals surface area contributed by atoms with Crippen LogP contribution in [0.5, 0.6) is 0 Å². The first kappa shape index (κ1) is 12.2. The van der Waals surface area contributed by atoms with Crippen molar-refractivity contribution in [1.82, 2.24) is 9.88 Å². The number of nitrogens with zero attached hydrogens (tertiary/aromatic N) is 2. The maximum Gasteiger partial charge on any atom is 0.411 e. The van der Waals surface area contributed by atoms with E-state index < -0.39 is 5.60 Å². The van der Waals surface area contributed by atoms with E-state index in [2.05, 4.69) is 4.98 Å². The zero-order chi connectivity index (χ0) is 12.6. The van der Waals surface area contributed by atoms with Gasteiger partial charge in [-0.05, 0) is 20.8 Å². The van der Waals surface area contributed by atoms with Crippen LogP contribution in [0.25, 0.3) is 0 Å². The molecule has 1 aromatic rings. The molecule has 6 heteroatoms. The third-order valence-corrected chi connectivity index (χ3v) is 2.49. The smallest absolute Gasteiger partial charge is 0.411 e. The number of alkyl halides is 1. The van der Waals surface area contributed by atoms with Gasteiger partial charge in [0.15, 0.2) is 0 Å². The Bertz CT molecular complexity index is 413. The molecule has 5 nitrogen and oxygen atoms in total. The maximum absolute atomic E-state index is 11.8. The second-order valence-corrected chi connectivity index (χ2v) is 5.21. The molecule has 0 aromatic carbocycles. The van der Waals surface area contributed by atoms with E-state index in [9.17, 15) is 4.79 Å². The van der Waals surface area contributed by atoms with Crippen molar-refractivity contribution in [3.63, 3.8) is 0 Å². The molecule has 2 heterocycles. The summed E-state index contributed by atoms with van der Waals surface area (Å²) in [6.07, 6.45) is -0.349. The van der Waals surface area contributed by atoms with Crippen molar-refractivity contribution >= 4 is 17.7 Å². The van der Waals surface area contributed by atoms with Crippen molar-refractivity contribution in [1.29, 1.82) is 0 Å². The summed E-state index contributed by atoms with van der Waals surface area (Å²) in [6, 6.07) is 0. The molecule has 0 atom stereocenters. The molecule has 0 bridgehead atoms. The third kappa shape index (κ3) is 2.72. The Morgan fingerprint density at radius 3 is 2.76 bits per heavy atom. The Morgan fingerprint density at radius 2 is 2.24 bits per heavy atom. The minimum absolute atomic E-state index is 0.249. The molecule has 94 valence electrons. The first-order valence-electron chi connectivity index (χ1n) is 5.40. The summed E-state index contributed by atoms with van der Waals surface area (Å²) < 4.78 is 10.7. The first-order chi connectivity index (χ1) is 7.89. The average Bonchev–Trinajstić information content (AvgIpc) is 2.70. The maximum atomic E-state index is 11.8. The minimum Gasteiger partial charge on any atom is -0.444 e. The van der Waals surface area contributed by atoms with Gasteiger partial charge in [-0.3, -0.25) is 4.90 Å². The fourth-order valence-electron chi connectivity index (χ4n) is 1.61. The van der Waals surface area contributed by atoms with Gasteiger partial charge in [0.2, 0.25) is 5.89 Å². The van der Waals surface area contributed by atoms with Gasteiger partial charge in [0.05, 0.1) is 19.0 Å². The van der Waals surface area contributed by atoms with Gasteiger partial charge >= 0.3 is 6.09 Å². The SMILES string of the molecule is CC(C)(C)OC(=O)N1Cc2nc(CCl)oc2C1. The average molecular weight is 259 g/mol. The van der Waals surface area contributed by atoms with Crippen LogP contribution in [-0.4, -0.2) is 21.6 Å². The molecule has 0 N–H and O–H groups in total. The van der Waals surface area contributed by atoms with Gasteiger partial charge in [-0.1, -0.05) is 0 Å². The fraction of sp³-hybridized carbons (Fsp3) is 0.636. The lowest BCUT2D eigenvalue weighted by Crippen LogP contribution is -2.33. The van der Waals surface area contributed by atoms with Crippen LogP contribution in [0.3, 0.4) is 0 Å². The lowest BCUT2D eigenvalue weighted by molar-refractivity contribution is 0.0231. The van der Waals surface area contributed by atoms with Gasteiger partial charge in [-0.15, -0.1) is 11.6 Å². The van der Waals surface area contributed by atoms with Crippen LogP contribution in [0.1, 0.15) is 38.1 Å². The molecule has 1 aliphatic rings. The van der Waals surface area contributed by atoms with Crippen LogP contribution in [0.2, 0.25) is 0 Å². The van der Waals surface area contributed by atoms with E-state index in [1.807, 2.05) is 20.8 Å². The van der Waals surface area contributed by atoms with Crippen LogP contribution in [0.4, 0.5) is 4.79 Å². The van der Waals surface area contributed by atoms with Crippen molar-refractivity contribution in [3.05, 3.63) is 17.3 Å². The van der Waals surface area contributed by atoms with E-state index in [0.717, 1.165) is 5.69 Å². The first-order valence-corrected chi connectivity index (χ1v) is 5.94. The molecule has 0 unspecified atom stereocenters. The van der Waals surface area contributed by atoms with Gasteiger partial charge in [-0.25, -0.2) is 9.78 Å². The summed E-state index contributed by atoms with van der Waals surface area (Å²) in [5.41, 5.74) is 0.279. The summed E-state index contributed by atoms with van der Waals surface area (Å²) in [4.78, 5) is 17.5. The molecule has 0 spiro atoms. The van der Waals surface area contributed by atoms with Crippen LogP contribution < -0.4 is 0 Å². The summed E-state index contributed by atoms with van der Waals surface area (Å²) in [5, 5.41) is 0. The monoisotopic (exact) mass is 258 g/mol. The summed E-state index contributed by atoms with van der Waals surface area (Å²) in [5.74, 6) is 1.45. The Kier molecular flexibility index (Phi) is 3.03. The number of carbonyl (C=O) groups is 1. The number of fused-ring (bicyclic) bond motifs is 1. The van der Waals surface area contributed by atoms with E-state index >= 15 is 0 Å². The topological polar surface area (TPSA) is 55.6 Å². The summed E-state index contributed by atoms with van der Waals surface area (Å²) in [6.45, 7) is 6.33. The number of amides is 1. The normalized spacial score (nSPS) is 14.9. The predicted octanol–water partition coefficient (Wildman–Crippen LogP) is 2.66. The van der Waals surface area contributed by atoms with Crippen molar-refractivity contribution in [3.8, 4) is 0 Å². The van der Waals surface area contributed by atoms with Crippen molar-refractivity contribution in [2.24, 2.45) is 0 Å². The summed E-state index contributed by atoms with van der Waals surface area (Å²) >= 11 is 5.62. The number of oxazole rings is 1. The highest BCUT2D eigenvalue weighted by atomic mass is 35.5. The van der Waals surface area contributed by atoms with E-state index in [0.29, 0.717) is 24.7 Å². The fourth-order valence-corrected chi connectivity index (χ4v) is 1.72. The quantitative estimate of drug-likeness (QED) is 0.727. The molecule has 0 radical (unpaired) electrons. The Labute approximate surface area is 105 Å². The van der Waals surface area contributed by atoms with E-state index in [4.69, 9.17) is 20.8 Å². The second-order valence-electron chi connectivity index (χ2n) is 4.95. The van der Waals surface area contributed by atoms with E-state index in [1.165, 1.54) is 0 Å². The van der Waals surface area contributed by atoms with Gasteiger partial charge in [0, 0.05) is 0 Å². The van der Waals surface area contributed by atoms with Gasteiger partial charge < -0.3 is 9.15 Å². The molecule has 0 fully saturated rings. The lowest BCUT2D eigenvalue weighted by atomic mass is 10.2. The minimum atomic E-state index is -0.491. The zero-order valence-corrected chi connectivity index (χ0v) is 10.9. The van der Waals surface area contributed by atoms with Gasteiger partial charge in [0.25, 0.3) is 0 Å². The molecule has 2 rings (SSSR count). The van der Waals surface area contributed by atoms with Crippen LogP contribution in [-0.2, 0) is 23.7 Å². The molecule has 0 saturated heterocycles. The van der Waals surface area contributed by atoms with Crippen LogP contribution >= 0.6 is 11.6 Å². The molecule has 1 aliphatic heterocycles. The molecule has 17 heavy (non-hydrogen) atoms. The van der Waals surface area contributed by atoms with E-state index in [-0.39, 0.29) is 12.0 Å². The Balaban J connectivity index is 2.00. The highest BCUT2D eigenvalue weighted by Gasteiger charge is 2.31. The number of carbonyl (C=O) groups excluding carboxylic acids is 1. The number of ether oxygens (including phenoxy) is 1. The number of hydrogen-bond donors (Lipinski definition) is 0. The predicted molar refractivity (Wildman–Crippen MR) is 61.5 cm³/mol. The number of hydrogen-bond acceptors (Lipinski definition) is 4. The number of halogens is 1. The number of rotatable bonds is 1. The molecule has 1 amide bonds. The van der Waals surface area contributed by atoms with Crippen molar-refractivity contribution in [2.75, 3.05) is 0 Å². The molecular weight excluding hydrogens is 244 g/mol. The second kappa shape index (κ2) is 4.22. The van der Waals surface area contributed by atoms with E-state index in [1.54, 1.807) is 4.90 Å². The molecular formula is C11H15ClN2O3. The highest BCUT2D eigenvalue weighted by Crippen LogP contribution is 2.25. The van der Waals surface area contributed by atoms with Crippen LogP contribution in [0.15, 0.2) is 4.42 Å². The standard InChI is InChI=1S/C11H15ClN2O3/c1-11(2,3)17-10(15)14-5-7-8(6-14)16-9(4-12)13-7/h4-6H2,1-3H3. The largest absolute Gasteiger partial charge is 0.444 e. The van der Waals surface area contributed by atoms with Gasteiger partial charge in [-0.2, -0.15) is 0 Å². The Hall–Kier alpha value is -1.23. The van der Waals surface area contributed by atoms with Crippen molar-refractivity contribution < 1.29 is 13.9 Å². The Morgan fingerprint density at radius 1 is 1.53 bits per heavy atom. The van der Waals surface area contributed by atoms with Gasteiger partial charge in [0.1, 0.15) is 17.1 Å². The van der Waals surface area contributed by atoms with Crippen molar-refractivity contribution in [2.45, 2.75) is 45.3 Å². The highest BCUT2D eigenvalue weighted by molar-refractivity contribution is 6.16. The molecule has 0 aliphatic carbocycles.